The summed E-state index contributed by atoms with van der Waals surface area (Å²) in [4.78, 5) is 13.9. The summed E-state index contributed by atoms with van der Waals surface area (Å²) < 4.78 is 7.05. The Morgan fingerprint density at radius 3 is 2.79 bits per heavy atom. The first kappa shape index (κ1) is 14.2. The standard InChI is InChI=1S/C14H23N3O2/c18-14-4-1-2-8-17(14)9-6-15-5-3-7-16-10-12-19-13-11-16/h1-2,4,8,15H,3,5-7,9-13H2. The number of morpholine rings is 1. The van der Waals surface area contributed by atoms with Gasteiger partial charge in [0.25, 0.3) is 5.56 Å². The van der Waals surface area contributed by atoms with Gasteiger partial charge in [-0.15, -0.1) is 0 Å². The summed E-state index contributed by atoms with van der Waals surface area (Å²) in [6, 6.07) is 5.26. The van der Waals surface area contributed by atoms with E-state index in [0.717, 1.165) is 58.9 Å². The summed E-state index contributed by atoms with van der Waals surface area (Å²) in [5.74, 6) is 0. The van der Waals surface area contributed by atoms with E-state index in [1.165, 1.54) is 0 Å². The number of hydrogen-bond donors (Lipinski definition) is 1. The van der Waals surface area contributed by atoms with Gasteiger partial charge in [-0.1, -0.05) is 6.07 Å². The van der Waals surface area contributed by atoms with Crippen molar-refractivity contribution in [3.63, 3.8) is 0 Å². The van der Waals surface area contributed by atoms with Crippen molar-refractivity contribution < 1.29 is 4.74 Å². The number of ether oxygens (including phenoxy) is 1. The molecule has 0 spiro atoms. The van der Waals surface area contributed by atoms with Gasteiger partial charge in [-0.3, -0.25) is 9.69 Å². The van der Waals surface area contributed by atoms with Gasteiger partial charge in [-0.05, 0) is 25.6 Å². The average molecular weight is 265 g/mol. The number of pyridine rings is 1. The fourth-order valence-corrected chi connectivity index (χ4v) is 2.22. The van der Waals surface area contributed by atoms with E-state index < -0.39 is 0 Å². The molecular weight excluding hydrogens is 242 g/mol. The van der Waals surface area contributed by atoms with E-state index in [0.29, 0.717) is 0 Å². The number of rotatable bonds is 7. The molecule has 0 unspecified atom stereocenters. The van der Waals surface area contributed by atoms with Crippen LogP contribution in [-0.2, 0) is 11.3 Å². The van der Waals surface area contributed by atoms with E-state index in [1.807, 2.05) is 12.3 Å². The second kappa shape index (κ2) is 8.09. The zero-order valence-corrected chi connectivity index (χ0v) is 11.4. The lowest BCUT2D eigenvalue weighted by Crippen LogP contribution is -2.38. The summed E-state index contributed by atoms with van der Waals surface area (Å²) in [6.45, 7) is 7.54. The summed E-state index contributed by atoms with van der Waals surface area (Å²) in [5.41, 5.74) is 0.0672. The van der Waals surface area contributed by atoms with Gasteiger partial charge in [0.2, 0.25) is 0 Å². The Balaban J connectivity index is 1.52. The number of nitrogens with one attached hydrogen (secondary N) is 1. The molecule has 5 nitrogen and oxygen atoms in total. The van der Waals surface area contributed by atoms with Gasteiger partial charge in [-0.25, -0.2) is 0 Å². The van der Waals surface area contributed by atoms with Crippen LogP contribution in [0.25, 0.3) is 0 Å². The average Bonchev–Trinajstić information content (AvgIpc) is 2.45. The lowest BCUT2D eigenvalue weighted by Gasteiger charge is -2.26. The second-order valence-corrected chi connectivity index (χ2v) is 4.79. The van der Waals surface area contributed by atoms with Crippen molar-refractivity contribution in [3.05, 3.63) is 34.7 Å². The highest BCUT2D eigenvalue weighted by Crippen LogP contribution is 1.97. The molecule has 0 atom stereocenters. The van der Waals surface area contributed by atoms with Gasteiger partial charge in [0.05, 0.1) is 13.2 Å². The van der Waals surface area contributed by atoms with Gasteiger partial charge >= 0.3 is 0 Å². The van der Waals surface area contributed by atoms with Crippen molar-refractivity contribution in [1.82, 2.24) is 14.8 Å². The number of hydrogen-bond acceptors (Lipinski definition) is 4. The molecule has 2 rings (SSSR count). The van der Waals surface area contributed by atoms with Crippen LogP contribution in [0.4, 0.5) is 0 Å². The van der Waals surface area contributed by atoms with Crippen LogP contribution in [0.2, 0.25) is 0 Å². The molecule has 1 aliphatic heterocycles. The lowest BCUT2D eigenvalue weighted by molar-refractivity contribution is 0.0374. The van der Waals surface area contributed by atoms with Crippen molar-refractivity contribution in [1.29, 1.82) is 0 Å². The Morgan fingerprint density at radius 2 is 2.00 bits per heavy atom. The Labute approximate surface area is 114 Å². The third-order valence-electron chi connectivity index (χ3n) is 3.36. The maximum Gasteiger partial charge on any atom is 0.250 e. The van der Waals surface area contributed by atoms with Gasteiger partial charge < -0.3 is 14.6 Å². The SMILES string of the molecule is O=c1ccccn1CCNCCCN1CCOCC1. The largest absolute Gasteiger partial charge is 0.379 e. The monoisotopic (exact) mass is 265 g/mol. The first-order chi connectivity index (χ1) is 9.36. The van der Waals surface area contributed by atoms with Crippen molar-refractivity contribution in [2.45, 2.75) is 13.0 Å². The van der Waals surface area contributed by atoms with Crippen LogP contribution in [0, 0.1) is 0 Å². The molecule has 0 bridgehead atoms. The molecule has 1 aliphatic rings. The Hall–Kier alpha value is -1.17. The van der Waals surface area contributed by atoms with Gasteiger partial charge in [0.15, 0.2) is 0 Å². The Morgan fingerprint density at radius 1 is 1.16 bits per heavy atom. The molecule has 0 radical (unpaired) electrons. The molecule has 1 saturated heterocycles. The minimum atomic E-state index is 0.0672. The highest BCUT2D eigenvalue weighted by Gasteiger charge is 2.08. The Bertz CT molecular complexity index is 413. The number of nitrogens with zero attached hydrogens (tertiary/aromatic N) is 2. The first-order valence-corrected chi connectivity index (χ1v) is 7.02. The normalized spacial score (nSPS) is 16.6. The third kappa shape index (κ3) is 5.14. The maximum absolute atomic E-state index is 11.5. The van der Waals surface area contributed by atoms with Crippen LogP contribution in [0.5, 0.6) is 0 Å². The van der Waals surface area contributed by atoms with Crippen LogP contribution < -0.4 is 10.9 Å². The van der Waals surface area contributed by atoms with E-state index in [2.05, 4.69) is 10.2 Å². The fraction of sp³-hybridized carbons (Fsp3) is 0.643. The summed E-state index contributed by atoms with van der Waals surface area (Å²) in [6.07, 6.45) is 2.97. The molecule has 1 N–H and O–H groups in total. The van der Waals surface area contributed by atoms with Crippen LogP contribution in [0.1, 0.15) is 6.42 Å². The molecule has 0 amide bonds. The molecule has 2 heterocycles. The first-order valence-electron chi connectivity index (χ1n) is 7.02. The van der Waals surface area contributed by atoms with Crippen LogP contribution in [0.15, 0.2) is 29.2 Å². The molecule has 106 valence electrons. The fourth-order valence-electron chi connectivity index (χ4n) is 2.22. The van der Waals surface area contributed by atoms with E-state index in [4.69, 9.17) is 4.74 Å². The third-order valence-corrected chi connectivity index (χ3v) is 3.36. The molecule has 1 aromatic rings. The molecule has 1 aromatic heterocycles. The van der Waals surface area contributed by atoms with Crippen molar-refractivity contribution in [2.24, 2.45) is 0 Å². The molecule has 1 fully saturated rings. The zero-order valence-electron chi connectivity index (χ0n) is 11.4. The highest BCUT2D eigenvalue weighted by atomic mass is 16.5. The summed E-state index contributed by atoms with van der Waals surface area (Å²) in [7, 11) is 0. The molecule has 0 aromatic carbocycles. The smallest absolute Gasteiger partial charge is 0.250 e. The summed E-state index contributed by atoms with van der Waals surface area (Å²) in [5, 5.41) is 3.38. The van der Waals surface area contributed by atoms with Crippen molar-refractivity contribution in [2.75, 3.05) is 45.9 Å². The van der Waals surface area contributed by atoms with Gasteiger partial charge in [0, 0.05) is 38.4 Å². The van der Waals surface area contributed by atoms with Crippen LogP contribution >= 0.6 is 0 Å². The summed E-state index contributed by atoms with van der Waals surface area (Å²) >= 11 is 0. The predicted molar refractivity (Wildman–Crippen MR) is 75.4 cm³/mol. The molecule has 0 aliphatic carbocycles. The molecule has 19 heavy (non-hydrogen) atoms. The van der Waals surface area contributed by atoms with Crippen LogP contribution in [0.3, 0.4) is 0 Å². The van der Waals surface area contributed by atoms with Gasteiger partial charge in [0.1, 0.15) is 0 Å². The van der Waals surface area contributed by atoms with Gasteiger partial charge in [-0.2, -0.15) is 0 Å². The van der Waals surface area contributed by atoms with Crippen LogP contribution in [-0.4, -0.2) is 55.4 Å². The van der Waals surface area contributed by atoms with E-state index in [9.17, 15) is 4.79 Å². The highest BCUT2D eigenvalue weighted by molar-refractivity contribution is 4.93. The maximum atomic E-state index is 11.5. The minimum absolute atomic E-state index is 0.0672. The quantitative estimate of drug-likeness (QED) is 0.714. The van der Waals surface area contributed by atoms with Crippen molar-refractivity contribution >= 4 is 0 Å². The van der Waals surface area contributed by atoms with E-state index in [-0.39, 0.29) is 5.56 Å². The molecular formula is C14H23N3O2. The molecule has 5 heteroatoms. The van der Waals surface area contributed by atoms with E-state index >= 15 is 0 Å². The van der Waals surface area contributed by atoms with Crippen molar-refractivity contribution in [3.8, 4) is 0 Å². The topological polar surface area (TPSA) is 46.5 Å². The zero-order chi connectivity index (χ0) is 13.3. The predicted octanol–water partition coefficient (Wildman–Crippen LogP) is 0.160. The Kier molecular flexibility index (Phi) is 6.07. The minimum Gasteiger partial charge on any atom is -0.379 e. The lowest BCUT2D eigenvalue weighted by atomic mass is 10.3. The number of aromatic nitrogens is 1. The molecule has 0 saturated carbocycles. The van der Waals surface area contributed by atoms with E-state index in [1.54, 1.807) is 16.7 Å². The second-order valence-electron chi connectivity index (χ2n) is 4.79.